The molecule has 13 heavy (non-hydrogen) atoms. The molecule has 1 aliphatic heterocycles. The molecule has 0 aromatic rings. The third kappa shape index (κ3) is 3.32. The van der Waals surface area contributed by atoms with Crippen LogP contribution in [0.4, 0.5) is 0 Å². The highest BCUT2D eigenvalue weighted by Gasteiger charge is 2.37. The van der Waals surface area contributed by atoms with Crippen molar-refractivity contribution in [2.24, 2.45) is 5.73 Å². The maximum Gasteiger partial charge on any atom is 0.469 e. The van der Waals surface area contributed by atoms with Gasteiger partial charge in [-0.1, -0.05) is 0 Å². The fraction of sp³-hybridized carbons (Fsp3) is 1.00. The van der Waals surface area contributed by atoms with E-state index in [1.54, 1.807) is 0 Å². The number of phosphoric acid groups is 1. The van der Waals surface area contributed by atoms with Crippen LogP contribution in [0, 0.1) is 0 Å². The van der Waals surface area contributed by atoms with Gasteiger partial charge in [0.1, 0.15) is 18.4 Å². The monoisotopic (exact) mass is 213 g/mol. The molecule has 0 spiro atoms. The number of hydrogen-bond acceptors (Lipinski definition) is 5. The standard InChI is InChI=1S/C5H12NO6P/c6-5-1-3(4(2-7)11-5)12-13(8,9)10/h3-5,7H,1-2,6H2,(H2,8,9,10)/t3-,4+,5+/m0/s1. The summed E-state index contributed by atoms with van der Waals surface area (Å²) in [5.41, 5.74) is 5.34. The second-order valence-corrected chi connectivity index (χ2v) is 3.96. The van der Waals surface area contributed by atoms with Crippen molar-refractivity contribution in [2.75, 3.05) is 6.61 Å². The minimum Gasteiger partial charge on any atom is -0.394 e. The number of aliphatic hydroxyl groups excluding tert-OH is 1. The minimum atomic E-state index is -4.54. The summed E-state index contributed by atoms with van der Waals surface area (Å²) in [5, 5.41) is 8.74. The number of nitrogens with two attached hydrogens (primary N) is 1. The molecule has 1 saturated heterocycles. The Morgan fingerprint density at radius 2 is 2.23 bits per heavy atom. The lowest BCUT2D eigenvalue weighted by molar-refractivity contribution is -0.0197. The van der Waals surface area contributed by atoms with E-state index in [-0.39, 0.29) is 13.0 Å². The van der Waals surface area contributed by atoms with E-state index >= 15 is 0 Å². The third-order valence-corrected chi connectivity index (χ3v) is 2.23. The fourth-order valence-corrected chi connectivity index (χ4v) is 1.77. The number of ether oxygens (including phenoxy) is 1. The van der Waals surface area contributed by atoms with Crippen LogP contribution in [-0.2, 0) is 13.8 Å². The van der Waals surface area contributed by atoms with E-state index in [1.165, 1.54) is 0 Å². The molecule has 0 radical (unpaired) electrons. The Hall–Kier alpha value is -0.0100. The van der Waals surface area contributed by atoms with Crippen molar-refractivity contribution in [1.82, 2.24) is 0 Å². The van der Waals surface area contributed by atoms with Gasteiger partial charge >= 0.3 is 7.82 Å². The smallest absolute Gasteiger partial charge is 0.394 e. The lowest BCUT2D eigenvalue weighted by Crippen LogP contribution is -2.27. The first-order valence-corrected chi connectivity index (χ1v) is 5.21. The molecule has 0 aromatic heterocycles. The Morgan fingerprint density at radius 3 is 2.69 bits per heavy atom. The maximum absolute atomic E-state index is 10.4. The average Bonchev–Trinajstić information content (AvgIpc) is 2.27. The maximum atomic E-state index is 10.4. The molecule has 0 aromatic carbocycles. The van der Waals surface area contributed by atoms with Gasteiger partial charge in [-0.3, -0.25) is 4.52 Å². The second kappa shape index (κ2) is 4.02. The Balaban J connectivity index is 2.54. The molecular weight excluding hydrogens is 201 g/mol. The number of aliphatic hydroxyl groups is 1. The zero-order valence-corrected chi connectivity index (χ0v) is 7.63. The van der Waals surface area contributed by atoms with Crippen molar-refractivity contribution in [3.05, 3.63) is 0 Å². The van der Waals surface area contributed by atoms with Crippen molar-refractivity contribution >= 4 is 7.82 Å². The van der Waals surface area contributed by atoms with Crippen LogP contribution in [0.1, 0.15) is 6.42 Å². The largest absolute Gasteiger partial charge is 0.469 e. The molecule has 3 atom stereocenters. The van der Waals surface area contributed by atoms with E-state index in [4.69, 9.17) is 25.4 Å². The van der Waals surface area contributed by atoms with Gasteiger partial charge in [-0.2, -0.15) is 0 Å². The van der Waals surface area contributed by atoms with Gasteiger partial charge in [0.15, 0.2) is 0 Å². The topological polar surface area (TPSA) is 122 Å². The second-order valence-electron chi connectivity index (χ2n) is 2.77. The molecule has 8 heteroatoms. The third-order valence-electron chi connectivity index (χ3n) is 1.68. The normalized spacial score (nSPS) is 35.2. The van der Waals surface area contributed by atoms with Crippen LogP contribution >= 0.6 is 7.82 Å². The van der Waals surface area contributed by atoms with Crippen LogP contribution in [0.2, 0.25) is 0 Å². The number of hydrogen-bond donors (Lipinski definition) is 4. The predicted molar refractivity (Wildman–Crippen MR) is 41.5 cm³/mol. The van der Waals surface area contributed by atoms with Crippen molar-refractivity contribution in [3.8, 4) is 0 Å². The van der Waals surface area contributed by atoms with E-state index in [2.05, 4.69) is 4.52 Å². The molecule has 0 bridgehead atoms. The molecule has 7 nitrogen and oxygen atoms in total. The van der Waals surface area contributed by atoms with Crippen LogP contribution in [0.15, 0.2) is 0 Å². The molecule has 1 aliphatic rings. The quantitative estimate of drug-likeness (QED) is 0.422. The zero-order chi connectivity index (χ0) is 10.1. The van der Waals surface area contributed by atoms with Crippen molar-refractivity contribution in [2.45, 2.75) is 24.9 Å². The Labute approximate surface area is 74.7 Å². The van der Waals surface area contributed by atoms with Crippen molar-refractivity contribution in [1.29, 1.82) is 0 Å². The fourth-order valence-electron chi connectivity index (χ4n) is 1.20. The SMILES string of the molecule is N[C@H]1C[C@H](OP(=O)(O)O)[C@@H](CO)O1. The van der Waals surface area contributed by atoms with Gasteiger partial charge in [0.25, 0.3) is 0 Å². The Morgan fingerprint density at radius 1 is 1.62 bits per heavy atom. The van der Waals surface area contributed by atoms with E-state index in [1.807, 2.05) is 0 Å². The van der Waals surface area contributed by atoms with Crippen LogP contribution in [0.3, 0.4) is 0 Å². The van der Waals surface area contributed by atoms with Crippen molar-refractivity contribution in [3.63, 3.8) is 0 Å². The molecular formula is C5H12NO6P. The van der Waals surface area contributed by atoms with Gasteiger partial charge in [0, 0.05) is 6.42 Å². The summed E-state index contributed by atoms with van der Waals surface area (Å²) >= 11 is 0. The molecule has 5 N–H and O–H groups in total. The van der Waals surface area contributed by atoms with Crippen molar-refractivity contribution < 1.29 is 28.7 Å². The van der Waals surface area contributed by atoms with Crippen LogP contribution in [0.25, 0.3) is 0 Å². The summed E-state index contributed by atoms with van der Waals surface area (Å²) in [4.78, 5) is 17.0. The molecule has 0 amide bonds. The predicted octanol–water partition coefficient (Wildman–Crippen LogP) is -1.47. The minimum absolute atomic E-state index is 0.163. The molecule has 78 valence electrons. The summed E-state index contributed by atoms with van der Waals surface area (Å²) in [6, 6.07) is 0. The van der Waals surface area contributed by atoms with Gasteiger partial charge in [-0.05, 0) is 0 Å². The van der Waals surface area contributed by atoms with Gasteiger partial charge in [0.2, 0.25) is 0 Å². The summed E-state index contributed by atoms with van der Waals surface area (Å²) in [5.74, 6) is 0. The lowest BCUT2D eigenvalue weighted by atomic mass is 10.2. The van der Waals surface area contributed by atoms with E-state index < -0.39 is 26.3 Å². The van der Waals surface area contributed by atoms with Gasteiger partial charge in [-0.15, -0.1) is 0 Å². The van der Waals surface area contributed by atoms with Crippen LogP contribution < -0.4 is 5.73 Å². The lowest BCUT2D eigenvalue weighted by Gasteiger charge is -2.16. The number of phosphoric ester groups is 1. The molecule has 1 fully saturated rings. The summed E-state index contributed by atoms with van der Waals surface area (Å²) in [6.45, 7) is -0.377. The van der Waals surface area contributed by atoms with Gasteiger partial charge in [-0.25, -0.2) is 4.57 Å². The van der Waals surface area contributed by atoms with Gasteiger partial charge < -0.3 is 25.4 Å². The molecule has 0 aliphatic carbocycles. The number of rotatable bonds is 3. The summed E-state index contributed by atoms with van der Waals surface area (Å²) < 4.78 is 19.8. The highest BCUT2D eigenvalue weighted by molar-refractivity contribution is 7.46. The highest BCUT2D eigenvalue weighted by atomic mass is 31.2. The van der Waals surface area contributed by atoms with Crippen LogP contribution in [0.5, 0.6) is 0 Å². The first-order chi connectivity index (χ1) is 5.92. The Kier molecular flexibility index (Phi) is 3.42. The average molecular weight is 213 g/mol. The Bertz CT molecular complexity index is 217. The highest BCUT2D eigenvalue weighted by Crippen LogP contribution is 2.41. The molecule has 1 heterocycles. The zero-order valence-electron chi connectivity index (χ0n) is 6.74. The first kappa shape index (κ1) is 11.1. The van der Waals surface area contributed by atoms with E-state index in [9.17, 15) is 4.57 Å². The van der Waals surface area contributed by atoms with Gasteiger partial charge in [0.05, 0.1) is 6.61 Å². The summed E-state index contributed by atoms with van der Waals surface area (Å²) in [6.07, 6.45) is -2.09. The molecule has 0 unspecified atom stereocenters. The molecule has 0 saturated carbocycles. The van der Waals surface area contributed by atoms with Crippen LogP contribution in [-0.4, -0.2) is 39.9 Å². The summed E-state index contributed by atoms with van der Waals surface area (Å²) in [7, 11) is -4.54. The van der Waals surface area contributed by atoms with E-state index in [0.717, 1.165) is 0 Å². The van der Waals surface area contributed by atoms with E-state index in [0.29, 0.717) is 0 Å². The first-order valence-electron chi connectivity index (χ1n) is 3.68. The molecule has 1 rings (SSSR count).